The number of carboxylic acids is 1. The quantitative estimate of drug-likeness (QED) is 0.755. The lowest BCUT2D eigenvalue weighted by Crippen LogP contribution is -2.49. The third kappa shape index (κ3) is 3.17. The molecule has 0 saturated carbocycles. The number of hydrogen-bond donors (Lipinski definition) is 2. The summed E-state index contributed by atoms with van der Waals surface area (Å²) in [5, 5.41) is 7.12. The summed E-state index contributed by atoms with van der Waals surface area (Å²) in [6.07, 6.45) is -0.519. The van der Waals surface area contributed by atoms with Gasteiger partial charge in [0, 0.05) is 19.5 Å². The Morgan fingerprint density at radius 1 is 1.37 bits per heavy atom. The number of rotatable bonds is 1. The van der Waals surface area contributed by atoms with Gasteiger partial charge < -0.3 is 15.7 Å². The van der Waals surface area contributed by atoms with E-state index in [2.05, 4.69) is 0 Å². The van der Waals surface area contributed by atoms with Crippen molar-refractivity contribution in [3.05, 3.63) is 0 Å². The highest BCUT2D eigenvalue weighted by molar-refractivity contribution is 5.75. The molecule has 2 bridgehead atoms. The molecule has 1 amide bonds. The second-order valence-corrected chi connectivity index (χ2v) is 4.85. The first-order valence-corrected chi connectivity index (χ1v) is 5.94. The van der Waals surface area contributed by atoms with Crippen molar-refractivity contribution >= 4 is 11.9 Å². The molecule has 0 aromatic carbocycles. The molecular formula is C11H17F3N2O3. The molecule has 0 aliphatic carbocycles. The van der Waals surface area contributed by atoms with Crippen molar-refractivity contribution in [1.82, 2.24) is 4.90 Å². The first-order chi connectivity index (χ1) is 8.64. The Balaban J connectivity index is 0.000000224. The van der Waals surface area contributed by atoms with Gasteiger partial charge in [-0.2, -0.15) is 13.2 Å². The maximum Gasteiger partial charge on any atom is 0.490 e. The molecule has 0 spiro atoms. The number of nitrogens with zero attached hydrogens (tertiary/aromatic N) is 1. The van der Waals surface area contributed by atoms with E-state index >= 15 is 0 Å². The maximum atomic E-state index is 11.3. The van der Waals surface area contributed by atoms with E-state index in [0.717, 1.165) is 25.7 Å². The van der Waals surface area contributed by atoms with Crippen LogP contribution in [0.2, 0.25) is 0 Å². The smallest absolute Gasteiger partial charge is 0.475 e. The number of alkyl halides is 3. The first-order valence-electron chi connectivity index (χ1n) is 5.94. The molecule has 110 valence electrons. The number of amides is 1. The SMILES string of the molecule is CC(=O)N1C2CCC1(CN)CC2.O=C(O)C(F)(F)F. The highest BCUT2D eigenvalue weighted by Gasteiger charge is 2.51. The number of carboxylic acid groups (broad SMARTS) is 1. The first kappa shape index (κ1) is 15.7. The molecule has 2 aliphatic rings. The van der Waals surface area contributed by atoms with Gasteiger partial charge in [-0.25, -0.2) is 4.79 Å². The third-order valence-corrected chi connectivity index (χ3v) is 3.72. The molecule has 0 aromatic rings. The van der Waals surface area contributed by atoms with Gasteiger partial charge >= 0.3 is 12.1 Å². The van der Waals surface area contributed by atoms with Crippen LogP contribution in [0.25, 0.3) is 0 Å². The fourth-order valence-corrected chi connectivity index (χ4v) is 2.92. The predicted octanol–water partition coefficient (Wildman–Crippen LogP) is 1.12. The number of aliphatic carboxylic acids is 1. The Morgan fingerprint density at radius 2 is 1.79 bits per heavy atom. The zero-order valence-corrected chi connectivity index (χ0v) is 10.5. The van der Waals surface area contributed by atoms with Crippen molar-refractivity contribution in [3.8, 4) is 0 Å². The van der Waals surface area contributed by atoms with Crippen LogP contribution in [0.3, 0.4) is 0 Å². The lowest BCUT2D eigenvalue weighted by atomic mass is 9.88. The maximum absolute atomic E-state index is 11.3. The third-order valence-electron chi connectivity index (χ3n) is 3.72. The lowest BCUT2D eigenvalue weighted by molar-refractivity contribution is -0.192. The van der Waals surface area contributed by atoms with Crippen molar-refractivity contribution in [3.63, 3.8) is 0 Å². The van der Waals surface area contributed by atoms with E-state index in [4.69, 9.17) is 15.6 Å². The Kier molecular flexibility index (Phi) is 4.44. The van der Waals surface area contributed by atoms with Gasteiger partial charge in [0.2, 0.25) is 5.91 Å². The van der Waals surface area contributed by atoms with E-state index in [9.17, 15) is 18.0 Å². The molecule has 2 heterocycles. The molecule has 5 nitrogen and oxygen atoms in total. The van der Waals surface area contributed by atoms with Crippen LogP contribution in [0.15, 0.2) is 0 Å². The van der Waals surface area contributed by atoms with Crippen LogP contribution in [-0.2, 0) is 9.59 Å². The van der Waals surface area contributed by atoms with Crippen molar-refractivity contribution < 1.29 is 27.9 Å². The molecule has 8 heteroatoms. The Hall–Kier alpha value is -1.31. The predicted molar refractivity (Wildman–Crippen MR) is 60.3 cm³/mol. The van der Waals surface area contributed by atoms with Crippen LogP contribution < -0.4 is 5.73 Å². The summed E-state index contributed by atoms with van der Waals surface area (Å²) in [5.74, 6) is -2.55. The fourth-order valence-electron chi connectivity index (χ4n) is 2.92. The van der Waals surface area contributed by atoms with E-state index in [1.54, 1.807) is 6.92 Å². The summed E-state index contributed by atoms with van der Waals surface area (Å²) in [5.41, 5.74) is 5.79. The monoisotopic (exact) mass is 282 g/mol. The van der Waals surface area contributed by atoms with Crippen LogP contribution in [0.4, 0.5) is 13.2 Å². The van der Waals surface area contributed by atoms with Crippen LogP contribution in [0.5, 0.6) is 0 Å². The molecule has 0 radical (unpaired) electrons. The summed E-state index contributed by atoms with van der Waals surface area (Å²) in [6.45, 7) is 2.30. The molecule has 0 aromatic heterocycles. The molecular weight excluding hydrogens is 265 g/mol. The average molecular weight is 282 g/mol. The summed E-state index contributed by atoms with van der Waals surface area (Å²) in [7, 11) is 0. The second kappa shape index (κ2) is 5.36. The lowest BCUT2D eigenvalue weighted by Gasteiger charge is -2.32. The standard InChI is InChI=1S/C9H16N2O.C2HF3O2/c1-7(12)11-8-2-4-9(11,6-10)5-3-8;3-2(4,5)1(6)7/h8H,2-6,10H2,1H3;(H,6,7). The highest BCUT2D eigenvalue weighted by atomic mass is 19.4. The minimum atomic E-state index is -5.08. The minimum Gasteiger partial charge on any atom is -0.475 e. The van der Waals surface area contributed by atoms with E-state index in [1.807, 2.05) is 4.90 Å². The van der Waals surface area contributed by atoms with Gasteiger partial charge in [0.05, 0.1) is 5.54 Å². The Morgan fingerprint density at radius 3 is 2.00 bits per heavy atom. The van der Waals surface area contributed by atoms with Gasteiger partial charge in [0.1, 0.15) is 0 Å². The molecule has 19 heavy (non-hydrogen) atoms. The van der Waals surface area contributed by atoms with Gasteiger partial charge in [-0.3, -0.25) is 4.79 Å². The number of halogens is 3. The summed E-state index contributed by atoms with van der Waals surface area (Å²) >= 11 is 0. The van der Waals surface area contributed by atoms with Crippen LogP contribution >= 0.6 is 0 Å². The van der Waals surface area contributed by atoms with E-state index in [1.165, 1.54) is 0 Å². The van der Waals surface area contributed by atoms with Gasteiger partial charge in [-0.05, 0) is 25.7 Å². The number of hydrogen-bond acceptors (Lipinski definition) is 3. The number of nitrogens with two attached hydrogens (primary N) is 1. The second-order valence-electron chi connectivity index (χ2n) is 4.85. The molecule has 2 fully saturated rings. The van der Waals surface area contributed by atoms with Crippen molar-refractivity contribution in [1.29, 1.82) is 0 Å². The van der Waals surface area contributed by atoms with Crippen molar-refractivity contribution in [2.75, 3.05) is 6.54 Å². The Bertz CT molecular complexity index is 363. The average Bonchev–Trinajstić information content (AvgIpc) is 2.84. The number of carbonyl (C=O) groups excluding carboxylic acids is 1. The van der Waals surface area contributed by atoms with Gasteiger partial charge in [-0.15, -0.1) is 0 Å². The zero-order chi connectivity index (χ0) is 14.8. The summed E-state index contributed by atoms with van der Waals surface area (Å²) < 4.78 is 31.7. The molecule has 3 N–H and O–H groups in total. The number of carbonyl (C=O) groups is 2. The van der Waals surface area contributed by atoms with Gasteiger partial charge in [0.15, 0.2) is 0 Å². The number of fused-ring (bicyclic) bond motifs is 2. The largest absolute Gasteiger partial charge is 0.490 e. The van der Waals surface area contributed by atoms with Gasteiger partial charge in [-0.1, -0.05) is 0 Å². The highest BCUT2D eigenvalue weighted by Crippen LogP contribution is 2.45. The van der Waals surface area contributed by atoms with E-state index < -0.39 is 12.1 Å². The molecule has 0 atom stereocenters. The fraction of sp³-hybridized carbons (Fsp3) is 0.818. The molecule has 0 unspecified atom stereocenters. The topological polar surface area (TPSA) is 83.6 Å². The summed E-state index contributed by atoms with van der Waals surface area (Å²) in [4.78, 5) is 22.3. The van der Waals surface area contributed by atoms with Crippen LogP contribution in [-0.4, -0.2) is 46.2 Å². The van der Waals surface area contributed by atoms with Crippen molar-refractivity contribution in [2.45, 2.75) is 50.4 Å². The van der Waals surface area contributed by atoms with E-state index in [-0.39, 0.29) is 11.4 Å². The van der Waals surface area contributed by atoms with Crippen LogP contribution in [0.1, 0.15) is 32.6 Å². The minimum absolute atomic E-state index is 0.0521. The van der Waals surface area contributed by atoms with Crippen molar-refractivity contribution in [2.24, 2.45) is 5.73 Å². The van der Waals surface area contributed by atoms with E-state index in [0.29, 0.717) is 12.6 Å². The molecule has 2 aliphatic heterocycles. The zero-order valence-electron chi connectivity index (χ0n) is 10.5. The molecule has 2 saturated heterocycles. The van der Waals surface area contributed by atoms with Gasteiger partial charge in [0.25, 0.3) is 0 Å². The molecule has 2 rings (SSSR count). The van der Waals surface area contributed by atoms with Crippen LogP contribution in [0, 0.1) is 0 Å². The Labute approximate surface area is 108 Å². The normalized spacial score (nSPS) is 28.9. The summed E-state index contributed by atoms with van der Waals surface area (Å²) in [6, 6.07) is 0.506.